The molecule has 3 N–H and O–H groups in total. The van der Waals surface area contributed by atoms with E-state index < -0.39 is 10.8 Å². The molecule has 0 aliphatic rings. The Morgan fingerprint density at radius 2 is 2.28 bits per heavy atom. The summed E-state index contributed by atoms with van der Waals surface area (Å²) in [7, 11) is 0. The lowest BCUT2D eigenvalue weighted by Gasteiger charge is -2.07. The number of ether oxygens (including phenoxy) is 1. The fourth-order valence-corrected chi connectivity index (χ4v) is 1.35. The van der Waals surface area contributed by atoms with Gasteiger partial charge in [0.1, 0.15) is 6.61 Å². The molecule has 0 heterocycles. The second kappa shape index (κ2) is 6.55. The lowest BCUT2D eigenvalue weighted by atomic mass is 10.2. The van der Waals surface area contributed by atoms with E-state index in [1.165, 1.54) is 12.1 Å². The summed E-state index contributed by atoms with van der Waals surface area (Å²) in [6.07, 6.45) is 0. The second-order valence-electron chi connectivity index (χ2n) is 3.51. The topological polar surface area (TPSA) is 107 Å². The molecule has 7 nitrogen and oxygen atoms in total. The third-order valence-corrected chi connectivity index (χ3v) is 2.23. The lowest BCUT2D eigenvalue weighted by molar-refractivity contribution is -0.385. The van der Waals surface area contributed by atoms with Crippen LogP contribution in [0, 0.1) is 10.1 Å². The van der Waals surface area contributed by atoms with Crippen molar-refractivity contribution >= 4 is 11.6 Å². The van der Waals surface area contributed by atoms with E-state index in [1.54, 1.807) is 0 Å². The number of rotatable bonds is 7. The van der Waals surface area contributed by atoms with E-state index in [9.17, 15) is 14.9 Å². The fraction of sp³-hybridized carbons (Fsp3) is 0.364. The van der Waals surface area contributed by atoms with Crippen LogP contribution in [0.5, 0.6) is 5.75 Å². The first-order valence-corrected chi connectivity index (χ1v) is 5.48. The number of amides is 1. The molecule has 1 amide bonds. The Balaban J connectivity index is 2.83. The number of benzene rings is 1. The van der Waals surface area contributed by atoms with Gasteiger partial charge in [0.2, 0.25) is 5.91 Å². The Hall–Kier alpha value is -2.15. The number of hydrogen-bond acceptors (Lipinski definition) is 5. The Labute approximate surface area is 104 Å². The molecule has 0 spiro atoms. The molecule has 0 aliphatic heterocycles. The van der Waals surface area contributed by atoms with Gasteiger partial charge in [-0.25, -0.2) is 0 Å². The van der Waals surface area contributed by atoms with Crippen molar-refractivity contribution in [1.29, 1.82) is 0 Å². The highest BCUT2D eigenvalue weighted by atomic mass is 16.6. The van der Waals surface area contributed by atoms with Crippen molar-refractivity contribution in [1.82, 2.24) is 5.32 Å². The van der Waals surface area contributed by atoms with Gasteiger partial charge in [-0.05, 0) is 18.7 Å². The highest BCUT2D eigenvalue weighted by Crippen LogP contribution is 2.27. The Bertz CT molecular complexity index is 448. The first-order valence-electron chi connectivity index (χ1n) is 5.48. The molecular weight excluding hydrogens is 238 g/mol. The van der Waals surface area contributed by atoms with Crippen LogP contribution in [0.25, 0.3) is 0 Å². The van der Waals surface area contributed by atoms with Crippen LogP contribution in [0.15, 0.2) is 18.2 Å². The molecule has 0 radical (unpaired) electrons. The number of carbonyl (C=O) groups excluding carboxylic acids is 1. The molecule has 0 fully saturated rings. The van der Waals surface area contributed by atoms with E-state index in [4.69, 9.17) is 10.5 Å². The van der Waals surface area contributed by atoms with Crippen LogP contribution in [0.3, 0.4) is 0 Å². The molecule has 0 aliphatic carbocycles. The number of nitro groups is 1. The molecular formula is C11H15N3O4. The minimum absolute atomic E-state index is 0.0840. The van der Waals surface area contributed by atoms with Gasteiger partial charge in [-0.2, -0.15) is 0 Å². The molecule has 98 valence electrons. The molecule has 7 heteroatoms. The van der Waals surface area contributed by atoms with Gasteiger partial charge in [0.25, 0.3) is 0 Å². The molecule has 0 bridgehead atoms. The Kier molecular flexibility index (Phi) is 5.06. The van der Waals surface area contributed by atoms with Crippen LogP contribution in [0.1, 0.15) is 17.3 Å². The number of nitrogens with two attached hydrogens (primary N) is 1. The first kappa shape index (κ1) is 13.9. The van der Waals surface area contributed by atoms with Crippen LogP contribution >= 0.6 is 0 Å². The molecule has 1 aromatic carbocycles. The predicted molar refractivity (Wildman–Crippen MR) is 65.7 cm³/mol. The van der Waals surface area contributed by atoms with Gasteiger partial charge in [-0.3, -0.25) is 14.9 Å². The number of likely N-dealkylation sites (N-methyl/N-ethyl adjacent to an activating group) is 1. The van der Waals surface area contributed by atoms with Gasteiger partial charge in [0.05, 0.1) is 4.92 Å². The summed E-state index contributed by atoms with van der Waals surface area (Å²) in [6, 6.07) is 3.90. The summed E-state index contributed by atoms with van der Waals surface area (Å²) >= 11 is 0. The summed E-state index contributed by atoms with van der Waals surface area (Å²) in [5, 5.41) is 13.9. The SMILES string of the molecule is CCNCCOc1ccc(C(N)=O)cc1[N+](=O)[O-]. The maximum absolute atomic E-state index is 10.9. The zero-order chi connectivity index (χ0) is 13.5. The van der Waals surface area contributed by atoms with Gasteiger partial charge >= 0.3 is 5.69 Å². The number of primary amides is 1. The van der Waals surface area contributed by atoms with E-state index >= 15 is 0 Å². The lowest BCUT2D eigenvalue weighted by Crippen LogP contribution is -2.20. The van der Waals surface area contributed by atoms with Gasteiger partial charge in [-0.15, -0.1) is 0 Å². The van der Waals surface area contributed by atoms with E-state index in [1.807, 2.05) is 6.92 Å². The average Bonchev–Trinajstić information content (AvgIpc) is 2.34. The maximum atomic E-state index is 10.9. The number of nitro benzene ring substituents is 1. The van der Waals surface area contributed by atoms with Crippen molar-refractivity contribution in [2.24, 2.45) is 5.73 Å². The van der Waals surface area contributed by atoms with Crippen molar-refractivity contribution in [2.45, 2.75) is 6.92 Å². The van der Waals surface area contributed by atoms with Crippen molar-refractivity contribution in [2.75, 3.05) is 19.7 Å². The standard InChI is InChI=1S/C11H15N3O4/c1-2-13-5-6-18-10-4-3-8(11(12)15)7-9(10)14(16)17/h3-4,7,13H,2,5-6H2,1H3,(H2,12,15). The Morgan fingerprint density at radius 1 is 1.56 bits per heavy atom. The molecule has 0 unspecified atom stereocenters. The summed E-state index contributed by atoms with van der Waals surface area (Å²) in [6.45, 7) is 3.64. The molecule has 1 aromatic rings. The molecule has 0 atom stereocenters. The monoisotopic (exact) mass is 253 g/mol. The minimum atomic E-state index is -0.711. The summed E-state index contributed by atoms with van der Waals surface area (Å²) in [5.41, 5.74) is 4.88. The van der Waals surface area contributed by atoms with Gasteiger partial charge in [-0.1, -0.05) is 6.92 Å². The van der Waals surface area contributed by atoms with Crippen LogP contribution < -0.4 is 15.8 Å². The minimum Gasteiger partial charge on any atom is -0.485 e. The molecule has 0 saturated heterocycles. The van der Waals surface area contributed by atoms with Crippen molar-refractivity contribution in [3.05, 3.63) is 33.9 Å². The fourth-order valence-electron chi connectivity index (χ4n) is 1.35. The van der Waals surface area contributed by atoms with Gasteiger partial charge in [0.15, 0.2) is 5.75 Å². The zero-order valence-corrected chi connectivity index (χ0v) is 10.0. The first-order chi connectivity index (χ1) is 8.56. The van der Waals surface area contributed by atoms with Crippen molar-refractivity contribution < 1.29 is 14.5 Å². The predicted octanol–water partition coefficient (Wildman–Crippen LogP) is 0.682. The molecule has 18 heavy (non-hydrogen) atoms. The quantitative estimate of drug-likeness (QED) is 0.422. The van der Waals surface area contributed by atoms with Crippen LogP contribution in [-0.2, 0) is 0 Å². The van der Waals surface area contributed by atoms with Gasteiger partial charge < -0.3 is 15.8 Å². The normalized spacial score (nSPS) is 10.1. The van der Waals surface area contributed by atoms with Crippen molar-refractivity contribution in [3.63, 3.8) is 0 Å². The average molecular weight is 253 g/mol. The second-order valence-corrected chi connectivity index (χ2v) is 3.51. The van der Waals surface area contributed by atoms with E-state index in [0.717, 1.165) is 12.6 Å². The van der Waals surface area contributed by atoms with Crippen LogP contribution in [0.4, 0.5) is 5.69 Å². The van der Waals surface area contributed by atoms with E-state index in [2.05, 4.69) is 5.32 Å². The highest BCUT2D eigenvalue weighted by molar-refractivity contribution is 5.93. The summed E-state index contributed by atoms with van der Waals surface area (Å²) in [5.74, 6) is -0.583. The third kappa shape index (κ3) is 3.70. The van der Waals surface area contributed by atoms with Crippen molar-refractivity contribution in [3.8, 4) is 5.75 Å². The molecule has 0 aromatic heterocycles. The van der Waals surface area contributed by atoms with Gasteiger partial charge in [0, 0.05) is 18.2 Å². The number of nitrogens with zero attached hydrogens (tertiary/aromatic N) is 1. The number of nitrogens with one attached hydrogen (secondary N) is 1. The summed E-state index contributed by atoms with van der Waals surface area (Å²) in [4.78, 5) is 21.2. The molecule has 0 saturated carbocycles. The summed E-state index contributed by atoms with van der Waals surface area (Å²) < 4.78 is 5.28. The maximum Gasteiger partial charge on any atom is 0.311 e. The smallest absolute Gasteiger partial charge is 0.311 e. The highest BCUT2D eigenvalue weighted by Gasteiger charge is 2.17. The zero-order valence-electron chi connectivity index (χ0n) is 10.0. The number of hydrogen-bond donors (Lipinski definition) is 2. The van der Waals surface area contributed by atoms with Crippen LogP contribution in [0.2, 0.25) is 0 Å². The Morgan fingerprint density at radius 3 is 2.83 bits per heavy atom. The number of carbonyl (C=O) groups is 1. The van der Waals surface area contributed by atoms with E-state index in [-0.39, 0.29) is 17.0 Å². The molecule has 1 rings (SSSR count). The third-order valence-electron chi connectivity index (χ3n) is 2.23. The van der Waals surface area contributed by atoms with E-state index in [0.29, 0.717) is 13.2 Å². The largest absolute Gasteiger partial charge is 0.485 e. The van der Waals surface area contributed by atoms with Crippen LogP contribution in [-0.4, -0.2) is 30.5 Å².